The van der Waals surface area contributed by atoms with E-state index in [4.69, 9.17) is 0 Å². The maximum atomic E-state index is 3.69. The van der Waals surface area contributed by atoms with Crippen molar-refractivity contribution in [2.75, 3.05) is 33.7 Å². The Morgan fingerprint density at radius 1 is 1.35 bits per heavy atom. The summed E-state index contributed by atoms with van der Waals surface area (Å²) >= 11 is 0. The predicted octanol–water partition coefficient (Wildman–Crippen LogP) is 1.79. The molecule has 0 saturated carbocycles. The van der Waals surface area contributed by atoms with Gasteiger partial charge in [-0.3, -0.25) is 0 Å². The molecule has 17 heavy (non-hydrogen) atoms. The average Bonchev–Trinajstić information content (AvgIpc) is 2.57. The Bertz CT molecular complexity index is 196. The minimum absolute atomic E-state index is 0.673. The normalized spacial score (nSPS) is 26.3. The van der Waals surface area contributed by atoms with Crippen LogP contribution in [0.3, 0.4) is 0 Å². The molecule has 0 amide bonds. The van der Waals surface area contributed by atoms with Gasteiger partial charge in [0.1, 0.15) is 0 Å². The van der Waals surface area contributed by atoms with Gasteiger partial charge in [-0.15, -0.1) is 0 Å². The van der Waals surface area contributed by atoms with Gasteiger partial charge in [-0.1, -0.05) is 0 Å². The zero-order valence-corrected chi connectivity index (χ0v) is 12.4. The second-order valence-corrected chi connectivity index (χ2v) is 5.96. The number of hydrogen-bond donors (Lipinski definition) is 1. The number of nitrogens with zero attached hydrogens (tertiary/aromatic N) is 2. The molecule has 1 aliphatic heterocycles. The van der Waals surface area contributed by atoms with E-state index < -0.39 is 0 Å². The van der Waals surface area contributed by atoms with Crippen molar-refractivity contribution >= 4 is 0 Å². The second-order valence-electron chi connectivity index (χ2n) is 5.96. The van der Waals surface area contributed by atoms with Crippen LogP contribution >= 0.6 is 0 Å². The highest BCUT2D eigenvalue weighted by Crippen LogP contribution is 2.14. The van der Waals surface area contributed by atoms with Crippen molar-refractivity contribution < 1.29 is 0 Å². The lowest BCUT2D eigenvalue weighted by Crippen LogP contribution is -2.33. The van der Waals surface area contributed by atoms with Crippen molar-refractivity contribution in [1.82, 2.24) is 15.1 Å². The molecule has 0 aromatic heterocycles. The van der Waals surface area contributed by atoms with Gasteiger partial charge in [0.25, 0.3) is 0 Å². The number of hydrogen-bond acceptors (Lipinski definition) is 3. The van der Waals surface area contributed by atoms with Crippen molar-refractivity contribution in [3.8, 4) is 0 Å². The molecule has 3 heteroatoms. The van der Waals surface area contributed by atoms with E-state index in [1.54, 1.807) is 0 Å². The van der Waals surface area contributed by atoms with Crippen LogP contribution in [0.25, 0.3) is 0 Å². The molecule has 1 aliphatic rings. The molecule has 1 N–H and O–H groups in total. The third kappa shape index (κ3) is 5.36. The Kier molecular flexibility index (Phi) is 6.45. The van der Waals surface area contributed by atoms with Crippen LogP contribution in [0, 0.1) is 0 Å². The molecule has 0 aliphatic carbocycles. The highest BCUT2D eigenvalue weighted by molar-refractivity contribution is 4.84. The molecule has 2 unspecified atom stereocenters. The SMILES string of the molecule is CC(C)N(C)CCCCNC1CC(C)N(C)C1. The Labute approximate surface area is 108 Å². The molecule has 3 nitrogen and oxygen atoms in total. The lowest BCUT2D eigenvalue weighted by molar-refractivity contribution is 0.267. The monoisotopic (exact) mass is 241 g/mol. The van der Waals surface area contributed by atoms with E-state index in [0.717, 1.165) is 12.1 Å². The van der Waals surface area contributed by atoms with E-state index in [1.807, 2.05) is 0 Å². The molecule has 1 fully saturated rings. The fourth-order valence-corrected chi connectivity index (χ4v) is 2.39. The lowest BCUT2D eigenvalue weighted by Gasteiger charge is -2.21. The Morgan fingerprint density at radius 2 is 2.06 bits per heavy atom. The van der Waals surface area contributed by atoms with E-state index >= 15 is 0 Å². The van der Waals surface area contributed by atoms with Crippen LogP contribution in [0.2, 0.25) is 0 Å². The van der Waals surface area contributed by atoms with Gasteiger partial charge in [-0.25, -0.2) is 0 Å². The van der Waals surface area contributed by atoms with Crippen LogP contribution in [-0.4, -0.2) is 61.7 Å². The van der Waals surface area contributed by atoms with Crippen molar-refractivity contribution in [3.63, 3.8) is 0 Å². The molecule has 2 atom stereocenters. The third-order valence-corrected chi connectivity index (χ3v) is 4.14. The largest absolute Gasteiger partial charge is 0.313 e. The molecule has 0 spiro atoms. The molecule has 1 rings (SSSR count). The van der Waals surface area contributed by atoms with Crippen molar-refractivity contribution in [2.45, 2.75) is 58.2 Å². The summed E-state index contributed by atoms with van der Waals surface area (Å²) in [7, 11) is 4.44. The van der Waals surface area contributed by atoms with Crippen LogP contribution in [0.4, 0.5) is 0 Å². The first-order valence-corrected chi connectivity index (χ1v) is 7.14. The second kappa shape index (κ2) is 7.34. The van der Waals surface area contributed by atoms with Gasteiger partial charge in [0.05, 0.1) is 0 Å². The van der Waals surface area contributed by atoms with Gasteiger partial charge in [0, 0.05) is 24.7 Å². The first-order chi connectivity index (χ1) is 8.00. The van der Waals surface area contributed by atoms with Crippen LogP contribution in [0.15, 0.2) is 0 Å². The molecule has 0 bridgehead atoms. The summed E-state index contributed by atoms with van der Waals surface area (Å²) < 4.78 is 0. The molecular weight excluding hydrogens is 210 g/mol. The minimum Gasteiger partial charge on any atom is -0.313 e. The fourth-order valence-electron chi connectivity index (χ4n) is 2.39. The predicted molar refractivity (Wildman–Crippen MR) is 75.5 cm³/mol. The number of nitrogens with one attached hydrogen (secondary N) is 1. The highest BCUT2D eigenvalue weighted by Gasteiger charge is 2.24. The molecule has 1 saturated heterocycles. The molecule has 102 valence electrons. The minimum atomic E-state index is 0.673. The van der Waals surface area contributed by atoms with E-state index in [0.29, 0.717) is 6.04 Å². The maximum absolute atomic E-state index is 3.69. The summed E-state index contributed by atoms with van der Waals surface area (Å²) in [5.74, 6) is 0. The van der Waals surface area contributed by atoms with Gasteiger partial charge >= 0.3 is 0 Å². The Hall–Kier alpha value is -0.120. The molecule has 1 heterocycles. The standard InChI is InChI=1S/C14H31N3/c1-12(2)16(4)9-7-6-8-15-14-10-13(3)17(5)11-14/h12-15H,6-11H2,1-5H3. The first kappa shape index (κ1) is 14.9. The van der Waals surface area contributed by atoms with Crippen LogP contribution in [0.1, 0.15) is 40.0 Å². The molecular formula is C14H31N3. The smallest absolute Gasteiger partial charge is 0.0209 e. The molecule has 0 aromatic rings. The number of unbranched alkanes of at least 4 members (excludes halogenated alkanes) is 1. The van der Waals surface area contributed by atoms with Gasteiger partial charge in [-0.05, 0) is 67.2 Å². The van der Waals surface area contributed by atoms with Crippen molar-refractivity contribution in [2.24, 2.45) is 0 Å². The van der Waals surface area contributed by atoms with Gasteiger partial charge in [0.15, 0.2) is 0 Å². The van der Waals surface area contributed by atoms with E-state index in [1.165, 1.54) is 38.9 Å². The van der Waals surface area contributed by atoms with Gasteiger partial charge < -0.3 is 15.1 Å². The summed E-state index contributed by atoms with van der Waals surface area (Å²) in [4.78, 5) is 4.87. The average molecular weight is 241 g/mol. The van der Waals surface area contributed by atoms with Crippen molar-refractivity contribution in [1.29, 1.82) is 0 Å². The Morgan fingerprint density at radius 3 is 2.59 bits per heavy atom. The van der Waals surface area contributed by atoms with Crippen LogP contribution in [0.5, 0.6) is 0 Å². The van der Waals surface area contributed by atoms with Crippen LogP contribution < -0.4 is 5.32 Å². The number of likely N-dealkylation sites (tertiary alicyclic amines) is 1. The van der Waals surface area contributed by atoms with Crippen LogP contribution in [-0.2, 0) is 0 Å². The van der Waals surface area contributed by atoms with E-state index in [-0.39, 0.29) is 0 Å². The quantitative estimate of drug-likeness (QED) is 0.686. The zero-order valence-electron chi connectivity index (χ0n) is 12.4. The lowest BCUT2D eigenvalue weighted by atomic mass is 10.2. The van der Waals surface area contributed by atoms with E-state index in [2.05, 4.69) is 50.0 Å². The van der Waals surface area contributed by atoms with Crippen molar-refractivity contribution in [3.05, 3.63) is 0 Å². The summed E-state index contributed by atoms with van der Waals surface area (Å²) in [5, 5.41) is 3.69. The topological polar surface area (TPSA) is 18.5 Å². The summed E-state index contributed by atoms with van der Waals surface area (Å²) in [6.45, 7) is 10.5. The Balaban J connectivity index is 1.98. The number of likely N-dealkylation sites (N-methyl/N-ethyl adjacent to an activating group) is 1. The fraction of sp³-hybridized carbons (Fsp3) is 1.00. The summed E-state index contributed by atoms with van der Waals surface area (Å²) in [5.41, 5.74) is 0. The number of rotatable bonds is 7. The third-order valence-electron chi connectivity index (χ3n) is 4.14. The first-order valence-electron chi connectivity index (χ1n) is 7.14. The maximum Gasteiger partial charge on any atom is 0.0209 e. The summed E-state index contributed by atoms with van der Waals surface area (Å²) in [6, 6.07) is 2.14. The molecule has 0 radical (unpaired) electrons. The molecule has 0 aromatic carbocycles. The zero-order chi connectivity index (χ0) is 12.8. The highest BCUT2D eigenvalue weighted by atomic mass is 15.2. The van der Waals surface area contributed by atoms with E-state index in [9.17, 15) is 0 Å². The van der Waals surface area contributed by atoms with Gasteiger partial charge in [0.2, 0.25) is 0 Å². The van der Waals surface area contributed by atoms with Gasteiger partial charge in [-0.2, -0.15) is 0 Å². The summed E-state index contributed by atoms with van der Waals surface area (Å²) in [6.07, 6.45) is 3.91.